The van der Waals surface area contributed by atoms with Gasteiger partial charge in [0.15, 0.2) is 12.2 Å². The first-order chi connectivity index (χ1) is 28.6. The molecule has 0 saturated carbocycles. The zero-order valence-corrected chi connectivity index (χ0v) is 37.8. The van der Waals surface area contributed by atoms with Crippen LogP contribution in [-0.2, 0) is 57.2 Å². The maximum Gasteiger partial charge on any atom is 0.306 e. The van der Waals surface area contributed by atoms with Gasteiger partial charge in [-0.15, -0.1) is 0 Å². The third-order valence-electron chi connectivity index (χ3n) is 10.0. The van der Waals surface area contributed by atoms with Gasteiger partial charge >= 0.3 is 35.8 Å². The van der Waals surface area contributed by atoms with Crippen molar-refractivity contribution in [1.29, 1.82) is 0 Å². The van der Waals surface area contributed by atoms with E-state index in [1.165, 1.54) is 0 Å². The average Bonchev–Trinajstić information content (AvgIpc) is 3.22. The molecule has 0 bridgehead atoms. The lowest BCUT2D eigenvalue weighted by Gasteiger charge is -2.18. The summed E-state index contributed by atoms with van der Waals surface area (Å²) in [6.45, 7) is 7.91. The van der Waals surface area contributed by atoms with Crippen molar-refractivity contribution in [2.24, 2.45) is 0 Å². The Bertz CT molecular complexity index is 1080. The van der Waals surface area contributed by atoms with Gasteiger partial charge < -0.3 is 28.4 Å². The molecule has 2 unspecified atom stereocenters. The monoisotopic (exact) mass is 841 g/mol. The third kappa shape index (κ3) is 38.8. The van der Waals surface area contributed by atoms with Crippen LogP contribution in [0.1, 0.15) is 227 Å². The van der Waals surface area contributed by atoms with Crippen molar-refractivity contribution in [3.63, 3.8) is 0 Å². The molecule has 0 aromatic carbocycles. The number of rotatable bonds is 42. The van der Waals surface area contributed by atoms with Crippen LogP contribution in [0.5, 0.6) is 0 Å². The van der Waals surface area contributed by atoms with E-state index < -0.39 is 24.1 Å². The topological polar surface area (TPSA) is 158 Å². The van der Waals surface area contributed by atoms with Gasteiger partial charge in [-0.05, 0) is 38.5 Å². The fourth-order valence-corrected chi connectivity index (χ4v) is 6.31. The lowest BCUT2D eigenvalue weighted by Crippen LogP contribution is -2.30. The van der Waals surface area contributed by atoms with Crippen LogP contribution in [0.3, 0.4) is 0 Å². The molecule has 0 aliphatic rings. The maximum absolute atomic E-state index is 12.5. The van der Waals surface area contributed by atoms with E-state index in [1.54, 1.807) is 0 Å². The quantitative estimate of drug-likeness (QED) is 0.0326. The minimum atomic E-state index is -0.841. The number of hydrogen-bond donors (Lipinski definition) is 0. The van der Waals surface area contributed by atoms with E-state index >= 15 is 0 Å². The Morgan fingerprint density at radius 2 is 0.458 bits per heavy atom. The highest BCUT2D eigenvalue weighted by molar-refractivity contribution is 5.72. The van der Waals surface area contributed by atoms with Crippen LogP contribution in [-0.4, -0.2) is 74.5 Å². The summed E-state index contributed by atoms with van der Waals surface area (Å²) < 4.78 is 32.7. The molecule has 0 saturated heterocycles. The molecular formula is C47H84O12. The lowest BCUT2D eigenvalue weighted by atomic mass is 10.1. The Balaban J connectivity index is 4.51. The van der Waals surface area contributed by atoms with Gasteiger partial charge in [0.2, 0.25) is 0 Å². The standard InChI is InChI=1S/C47H84O12/c1-5-9-13-19-25-31-43(49)55-37-41(59-47(53)35-29-21-15-11-7-3)39-57-45(51)33-27-23-18-17-22-26-32-44(50)56-38-40(36-54-42(48)30-24-16-12-8-4)58-46(52)34-28-20-14-10-6-2/h40-41H,5-39H2,1-4H3. The minimum absolute atomic E-state index is 0.141. The lowest BCUT2D eigenvalue weighted by molar-refractivity contribution is -0.167. The van der Waals surface area contributed by atoms with Crippen LogP contribution < -0.4 is 0 Å². The van der Waals surface area contributed by atoms with Gasteiger partial charge in [0, 0.05) is 38.5 Å². The Kier molecular flexibility index (Phi) is 39.3. The van der Waals surface area contributed by atoms with Crippen LogP contribution >= 0.6 is 0 Å². The summed E-state index contributed by atoms with van der Waals surface area (Å²) in [6.07, 6.45) is 23.5. The Morgan fingerprint density at radius 3 is 0.695 bits per heavy atom. The highest BCUT2D eigenvalue weighted by Crippen LogP contribution is 2.13. The van der Waals surface area contributed by atoms with E-state index in [-0.39, 0.29) is 76.0 Å². The number of hydrogen-bond acceptors (Lipinski definition) is 12. The highest BCUT2D eigenvalue weighted by atomic mass is 16.6. The van der Waals surface area contributed by atoms with Gasteiger partial charge in [0.05, 0.1) is 0 Å². The molecule has 0 rings (SSSR count). The number of carbonyl (C=O) groups excluding carboxylic acids is 6. The number of ether oxygens (including phenoxy) is 6. The molecule has 0 aromatic rings. The van der Waals surface area contributed by atoms with Crippen molar-refractivity contribution in [1.82, 2.24) is 0 Å². The molecule has 344 valence electrons. The predicted molar refractivity (Wildman–Crippen MR) is 229 cm³/mol. The van der Waals surface area contributed by atoms with Crippen molar-refractivity contribution in [2.45, 2.75) is 239 Å². The molecule has 12 nitrogen and oxygen atoms in total. The van der Waals surface area contributed by atoms with Crippen molar-refractivity contribution >= 4 is 35.8 Å². The van der Waals surface area contributed by atoms with E-state index in [0.29, 0.717) is 25.7 Å². The molecule has 0 spiro atoms. The zero-order chi connectivity index (χ0) is 43.6. The second kappa shape index (κ2) is 41.5. The van der Waals surface area contributed by atoms with Gasteiger partial charge in [-0.25, -0.2) is 0 Å². The van der Waals surface area contributed by atoms with E-state index in [9.17, 15) is 28.8 Å². The molecular weight excluding hydrogens is 757 g/mol. The van der Waals surface area contributed by atoms with Gasteiger partial charge in [0.1, 0.15) is 26.4 Å². The number of unbranched alkanes of at least 4 members (excludes halogenated alkanes) is 20. The van der Waals surface area contributed by atoms with E-state index in [1.807, 2.05) is 0 Å². The predicted octanol–water partition coefficient (Wildman–Crippen LogP) is 11.2. The summed E-state index contributed by atoms with van der Waals surface area (Å²) in [7, 11) is 0. The van der Waals surface area contributed by atoms with Crippen molar-refractivity contribution < 1.29 is 57.2 Å². The first-order valence-corrected chi connectivity index (χ1v) is 23.7. The highest BCUT2D eigenvalue weighted by Gasteiger charge is 2.21. The average molecular weight is 841 g/mol. The summed E-state index contributed by atoms with van der Waals surface area (Å²) >= 11 is 0. The van der Waals surface area contributed by atoms with Gasteiger partial charge in [-0.1, -0.05) is 150 Å². The van der Waals surface area contributed by atoms with Crippen molar-refractivity contribution in [3.8, 4) is 0 Å². The SMILES string of the molecule is CCCCCCCC(=O)OCC(COC(=O)CCCCCCCCC(=O)OCC(COC(=O)CCCCCC)OC(=O)CCCCCCC)OC(=O)CCCCCCC. The van der Waals surface area contributed by atoms with Gasteiger partial charge in [-0.2, -0.15) is 0 Å². The van der Waals surface area contributed by atoms with Crippen LogP contribution in [0.2, 0.25) is 0 Å². The first kappa shape index (κ1) is 55.8. The zero-order valence-electron chi connectivity index (χ0n) is 37.8. The molecule has 59 heavy (non-hydrogen) atoms. The molecule has 12 heteroatoms. The van der Waals surface area contributed by atoms with E-state index in [2.05, 4.69) is 27.7 Å². The number of esters is 6. The molecule has 0 aliphatic heterocycles. The molecule has 0 amide bonds. The fourth-order valence-electron chi connectivity index (χ4n) is 6.31. The summed E-state index contributed by atoms with van der Waals surface area (Å²) in [5.74, 6) is -2.25. The smallest absolute Gasteiger partial charge is 0.306 e. The van der Waals surface area contributed by atoms with Crippen LogP contribution in [0.25, 0.3) is 0 Å². The summed E-state index contributed by atoms with van der Waals surface area (Å²) in [5.41, 5.74) is 0. The minimum Gasteiger partial charge on any atom is -0.462 e. The van der Waals surface area contributed by atoms with E-state index in [0.717, 1.165) is 148 Å². The van der Waals surface area contributed by atoms with Crippen LogP contribution in [0.15, 0.2) is 0 Å². The Hall–Kier alpha value is -3.18. The van der Waals surface area contributed by atoms with Gasteiger partial charge in [-0.3, -0.25) is 28.8 Å². The summed E-state index contributed by atoms with van der Waals surface area (Å²) in [4.78, 5) is 74.4. The molecule has 2 atom stereocenters. The molecule has 0 N–H and O–H groups in total. The summed E-state index contributed by atoms with van der Waals surface area (Å²) in [5, 5.41) is 0. The Labute approximate surface area is 357 Å². The molecule has 0 aromatic heterocycles. The number of carbonyl (C=O) groups is 6. The third-order valence-corrected chi connectivity index (χ3v) is 10.0. The molecule has 0 fully saturated rings. The van der Waals surface area contributed by atoms with Crippen LogP contribution in [0.4, 0.5) is 0 Å². The van der Waals surface area contributed by atoms with Crippen molar-refractivity contribution in [3.05, 3.63) is 0 Å². The summed E-state index contributed by atoms with van der Waals surface area (Å²) in [6, 6.07) is 0. The Morgan fingerprint density at radius 1 is 0.271 bits per heavy atom. The van der Waals surface area contributed by atoms with Crippen LogP contribution in [0, 0.1) is 0 Å². The largest absolute Gasteiger partial charge is 0.462 e. The maximum atomic E-state index is 12.5. The second-order valence-electron chi connectivity index (χ2n) is 15.9. The van der Waals surface area contributed by atoms with E-state index in [4.69, 9.17) is 28.4 Å². The molecule has 0 aliphatic carbocycles. The van der Waals surface area contributed by atoms with Gasteiger partial charge in [0.25, 0.3) is 0 Å². The second-order valence-corrected chi connectivity index (χ2v) is 15.9. The normalized spacial score (nSPS) is 12.0. The molecule has 0 heterocycles. The van der Waals surface area contributed by atoms with Crippen molar-refractivity contribution in [2.75, 3.05) is 26.4 Å². The molecule has 0 radical (unpaired) electrons. The fraction of sp³-hybridized carbons (Fsp3) is 0.872. The first-order valence-electron chi connectivity index (χ1n) is 23.7.